The average molecular weight is 285 g/mol. The first kappa shape index (κ1) is 13.5. The minimum atomic E-state index is 0.441. The van der Waals surface area contributed by atoms with Crippen molar-refractivity contribution in [1.29, 1.82) is 0 Å². The zero-order valence-corrected chi connectivity index (χ0v) is 12.5. The second-order valence-electron chi connectivity index (χ2n) is 5.00. The first-order valence-electron chi connectivity index (χ1n) is 6.88. The van der Waals surface area contributed by atoms with Gasteiger partial charge in [-0.25, -0.2) is 0 Å². The van der Waals surface area contributed by atoms with E-state index in [-0.39, 0.29) is 0 Å². The van der Waals surface area contributed by atoms with Gasteiger partial charge >= 0.3 is 0 Å². The van der Waals surface area contributed by atoms with Crippen molar-refractivity contribution in [2.45, 2.75) is 18.3 Å². The molecule has 0 radical (unpaired) electrons. The number of rotatable bonds is 4. The van der Waals surface area contributed by atoms with Gasteiger partial charge in [0, 0.05) is 24.1 Å². The third-order valence-corrected chi connectivity index (χ3v) is 4.74. The molecule has 1 aliphatic rings. The zero-order chi connectivity index (χ0) is 13.8. The Morgan fingerprint density at radius 2 is 2.10 bits per heavy atom. The molecule has 3 rings (SSSR count). The summed E-state index contributed by atoms with van der Waals surface area (Å²) in [5, 5.41) is 3.67. The van der Waals surface area contributed by atoms with Gasteiger partial charge in [0.25, 0.3) is 0 Å². The first-order chi connectivity index (χ1) is 9.86. The van der Waals surface area contributed by atoms with Crippen LogP contribution >= 0.6 is 11.8 Å². The highest BCUT2D eigenvalue weighted by atomic mass is 32.2. The van der Waals surface area contributed by atoms with Crippen LogP contribution in [0.4, 0.5) is 0 Å². The Bertz CT molecular complexity index is 585. The molecule has 1 unspecified atom stereocenters. The van der Waals surface area contributed by atoms with Gasteiger partial charge in [-0.15, -0.1) is 0 Å². The van der Waals surface area contributed by atoms with Crippen LogP contribution in [0.2, 0.25) is 0 Å². The molecule has 1 heterocycles. The van der Waals surface area contributed by atoms with Gasteiger partial charge in [-0.05, 0) is 28.8 Å². The first-order valence-corrected chi connectivity index (χ1v) is 8.04. The standard InChI is InChI=1S/C17H19NOS/c1-19-15-7-4-5-13(9-15)10-18-17-12-20-11-14-6-2-3-8-16(14)17/h2-9,17-18H,10-12H2,1H3. The molecule has 2 aromatic rings. The fraction of sp³-hybridized carbons (Fsp3) is 0.294. The van der Waals surface area contributed by atoms with Crippen molar-refractivity contribution in [2.75, 3.05) is 12.9 Å². The lowest BCUT2D eigenvalue weighted by Gasteiger charge is -2.26. The Morgan fingerprint density at radius 1 is 1.20 bits per heavy atom. The Labute approximate surface area is 124 Å². The third-order valence-electron chi connectivity index (χ3n) is 3.66. The van der Waals surface area contributed by atoms with E-state index in [1.165, 1.54) is 16.7 Å². The summed E-state index contributed by atoms with van der Waals surface area (Å²) in [5.41, 5.74) is 4.18. The van der Waals surface area contributed by atoms with E-state index in [0.29, 0.717) is 6.04 Å². The van der Waals surface area contributed by atoms with Crippen LogP contribution in [0.25, 0.3) is 0 Å². The maximum atomic E-state index is 5.27. The number of hydrogen-bond donors (Lipinski definition) is 1. The van der Waals surface area contributed by atoms with Gasteiger partial charge in [-0.2, -0.15) is 11.8 Å². The van der Waals surface area contributed by atoms with Crippen molar-refractivity contribution in [1.82, 2.24) is 5.32 Å². The van der Waals surface area contributed by atoms with E-state index in [0.717, 1.165) is 23.8 Å². The maximum absolute atomic E-state index is 5.27. The van der Waals surface area contributed by atoms with Crippen molar-refractivity contribution < 1.29 is 4.74 Å². The monoisotopic (exact) mass is 285 g/mol. The Morgan fingerprint density at radius 3 is 3.00 bits per heavy atom. The molecule has 0 fully saturated rings. The maximum Gasteiger partial charge on any atom is 0.119 e. The van der Waals surface area contributed by atoms with E-state index in [4.69, 9.17) is 4.74 Å². The molecule has 2 aromatic carbocycles. The summed E-state index contributed by atoms with van der Waals surface area (Å²) in [6.45, 7) is 0.872. The van der Waals surface area contributed by atoms with Crippen LogP contribution in [0, 0.1) is 0 Å². The molecule has 0 amide bonds. The van der Waals surface area contributed by atoms with Gasteiger partial charge in [0.1, 0.15) is 5.75 Å². The molecular weight excluding hydrogens is 266 g/mol. The highest BCUT2D eigenvalue weighted by molar-refractivity contribution is 7.98. The van der Waals surface area contributed by atoms with Crippen LogP contribution in [0.15, 0.2) is 48.5 Å². The van der Waals surface area contributed by atoms with Crippen molar-refractivity contribution >= 4 is 11.8 Å². The normalized spacial score (nSPS) is 17.6. The number of thioether (sulfide) groups is 1. The average Bonchev–Trinajstić information content (AvgIpc) is 2.53. The SMILES string of the molecule is COc1cccc(CNC2CSCc3ccccc32)c1. The Kier molecular flexibility index (Phi) is 4.28. The molecule has 0 aliphatic carbocycles. The summed E-state index contributed by atoms with van der Waals surface area (Å²) >= 11 is 2.00. The summed E-state index contributed by atoms with van der Waals surface area (Å²) in [5.74, 6) is 3.19. The van der Waals surface area contributed by atoms with E-state index >= 15 is 0 Å². The summed E-state index contributed by atoms with van der Waals surface area (Å²) in [6, 6.07) is 17.4. The van der Waals surface area contributed by atoms with Crippen molar-refractivity contribution in [3.05, 3.63) is 65.2 Å². The van der Waals surface area contributed by atoms with E-state index in [1.54, 1.807) is 7.11 Å². The van der Waals surface area contributed by atoms with Crippen LogP contribution in [0.1, 0.15) is 22.7 Å². The van der Waals surface area contributed by atoms with Gasteiger partial charge in [-0.1, -0.05) is 36.4 Å². The predicted octanol–water partition coefficient (Wildman–Crippen LogP) is 3.77. The van der Waals surface area contributed by atoms with Crippen LogP contribution in [-0.2, 0) is 12.3 Å². The fourth-order valence-electron chi connectivity index (χ4n) is 2.57. The van der Waals surface area contributed by atoms with Crippen LogP contribution in [0.3, 0.4) is 0 Å². The lowest BCUT2D eigenvalue weighted by molar-refractivity contribution is 0.414. The van der Waals surface area contributed by atoms with Gasteiger partial charge < -0.3 is 10.1 Å². The fourth-order valence-corrected chi connectivity index (χ4v) is 3.71. The third kappa shape index (κ3) is 3.00. The van der Waals surface area contributed by atoms with Gasteiger partial charge in [0.05, 0.1) is 7.11 Å². The zero-order valence-electron chi connectivity index (χ0n) is 11.6. The number of fused-ring (bicyclic) bond motifs is 1. The molecule has 1 N–H and O–H groups in total. The summed E-state index contributed by atoms with van der Waals surface area (Å²) in [7, 11) is 1.71. The second kappa shape index (κ2) is 6.33. The van der Waals surface area contributed by atoms with Crippen molar-refractivity contribution in [3.8, 4) is 5.75 Å². The van der Waals surface area contributed by atoms with Crippen LogP contribution in [-0.4, -0.2) is 12.9 Å². The highest BCUT2D eigenvalue weighted by Gasteiger charge is 2.19. The summed E-state index contributed by atoms with van der Waals surface area (Å²) < 4.78 is 5.27. The number of hydrogen-bond acceptors (Lipinski definition) is 3. The summed E-state index contributed by atoms with van der Waals surface area (Å²) in [4.78, 5) is 0. The highest BCUT2D eigenvalue weighted by Crippen LogP contribution is 2.31. The van der Waals surface area contributed by atoms with Gasteiger partial charge in [0.2, 0.25) is 0 Å². The van der Waals surface area contributed by atoms with Crippen molar-refractivity contribution in [2.24, 2.45) is 0 Å². The van der Waals surface area contributed by atoms with E-state index in [9.17, 15) is 0 Å². The predicted molar refractivity (Wildman–Crippen MR) is 85.2 cm³/mol. The van der Waals surface area contributed by atoms with Gasteiger partial charge in [-0.3, -0.25) is 0 Å². The van der Waals surface area contributed by atoms with E-state index in [2.05, 4.69) is 41.7 Å². The second-order valence-corrected chi connectivity index (χ2v) is 6.03. The number of ether oxygens (including phenoxy) is 1. The molecule has 1 aliphatic heterocycles. The van der Waals surface area contributed by atoms with Gasteiger partial charge in [0.15, 0.2) is 0 Å². The van der Waals surface area contributed by atoms with Crippen LogP contribution in [0.5, 0.6) is 5.75 Å². The molecular formula is C17H19NOS. The smallest absolute Gasteiger partial charge is 0.119 e. The molecule has 0 saturated carbocycles. The van der Waals surface area contributed by atoms with Crippen molar-refractivity contribution in [3.63, 3.8) is 0 Å². The molecule has 20 heavy (non-hydrogen) atoms. The molecule has 2 nitrogen and oxygen atoms in total. The Hall–Kier alpha value is -1.45. The minimum Gasteiger partial charge on any atom is -0.497 e. The molecule has 0 bridgehead atoms. The lowest BCUT2D eigenvalue weighted by Crippen LogP contribution is -2.26. The number of benzene rings is 2. The largest absolute Gasteiger partial charge is 0.497 e. The quantitative estimate of drug-likeness (QED) is 0.924. The molecule has 1 atom stereocenters. The molecule has 3 heteroatoms. The van der Waals surface area contributed by atoms with E-state index in [1.807, 2.05) is 23.9 Å². The lowest BCUT2D eigenvalue weighted by atomic mass is 10.0. The summed E-state index contributed by atoms with van der Waals surface area (Å²) in [6.07, 6.45) is 0. The molecule has 0 aromatic heterocycles. The van der Waals surface area contributed by atoms with E-state index < -0.39 is 0 Å². The number of nitrogens with one attached hydrogen (secondary N) is 1. The minimum absolute atomic E-state index is 0.441. The molecule has 104 valence electrons. The van der Waals surface area contributed by atoms with Crippen LogP contribution < -0.4 is 10.1 Å². The Balaban J connectivity index is 1.70. The molecule has 0 spiro atoms. The number of methoxy groups -OCH3 is 1. The topological polar surface area (TPSA) is 21.3 Å². The molecule has 0 saturated heterocycles.